The number of para-hydroxylation sites is 1. The quantitative estimate of drug-likeness (QED) is 0.587. The molecule has 1 fully saturated rings. The number of pyridine rings is 1. The fourth-order valence-electron chi connectivity index (χ4n) is 3.47. The number of aromatic nitrogens is 3. The summed E-state index contributed by atoms with van der Waals surface area (Å²) in [5, 5.41) is 2.63. The second-order valence-corrected chi connectivity index (χ2v) is 7.04. The predicted octanol–water partition coefficient (Wildman–Crippen LogP) is 1.46. The Kier molecular flexibility index (Phi) is 5.46. The topological polar surface area (TPSA) is 114 Å². The van der Waals surface area contributed by atoms with Crippen LogP contribution >= 0.6 is 0 Å². The summed E-state index contributed by atoms with van der Waals surface area (Å²) < 4.78 is 13.9. The van der Waals surface area contributed by atoms with Gasteiger partial charge in [-0.05, 0) is 24.3 Å². The lowest BCUT2D eigenvalue weighted by Crippen LogP contribution is -2.49. The molecule has 1 aliphatic rings. The Labute approximate surface area is 170 Å². The average molecular weight is 412 g/mol. The highest BCUT2D eigenvalue weighted by Gasteiger charge is 2.23. The first-order valence-electron chi connectivity index (χ1n) is 9.66. The molecule has 30 heavy (non-hydrogen) atoms. The van der Waals surface area contributed by atoms with Gasteiger partial charge in [0, 0.05) is 39.0 Å². The minimum Gasteiger partial charge on any atom is -0.366 e. The molecule has 0 saturated carbocycles. The van der Waals surface area contributed by atoms with Crippen molar-refractivity contribution in [1.82, 2.24) is 19.9 Å². The second-order valence-electron chi connectivity index (χ2n) is 7.04. The van der Waals surface area contributed by atoms with Gasteiger partial charge in [0.05, 0.1) is 11.2 Å². The van der Waals surface area contributed by atoms with E-state index in [2.05, 4.69) is 20.3 Å². The van der Waals surface area contributed by atoms with Gasteiger partial charge in [-0.2, -0.15) is 0 Å². The number of halogens is 1. The van der Waals surface area contributed by atoms with Crippen molar-refractivity contribution in [3.63, 3.8) is 0 Å². The van der Waals surface area contributed by atoms with Crippen LogP contribution in [0.25, 0.3) is 11.2 Å². The molecule has 2 amide bonds. The van der Waals surface area contributed by atoms with Crippen molar-refractivity contribution in [3.8, 4) is 0 Å². The van der Waals surface area contributed by atoms with Crippen LogP contribution in [-0.2, 0) is 9.59 Å². The maximum atomic E-state index is 13.9. The summed E-state index contributed by atoms with van der Waals surface area (Å²) in [7, 11) is 0. The monoisotopic (exact) mass is 412 g/mol. The number of fused-ring (bicyclic) bond motifs is 1. The van der Waals surface area contributed by atoms with Crippen LogP contribution in [0.2, 0.25) is 0 Å². The molecule has 0 radical (unpaired) electrons. The van der Waals surface area contributed by atoms with Gasteiger partial charge >= 0.3 is 5.69 Å². The predicted molar refractivity (Wildman–Crippen MR) is 110 cm³/mol. The van der Waals surface area contributed by atoms with E-state index in [0.29, 0.717) is 48.8 Å². The zero-order valence-corrected chi connectivity index (χ0v) is 16.2. The van der Waals surface area contributed by atoms with Crippen LogP contribution in [-0.4, -0.2) is 57.8 Å². The largest absolute Gasteiger partial charge is 0.366 e. The molecule has 2 aromatic heterocycles. The molecular weight excluding hydrogens is 391 g/mol. The number of hydrogen-bond acceptors (Lipinski definition) is 5. The van der Waals surface area contributed by atoms with Crippen molar-refractivity contribution in [2.24, 2.45) is 0 Å². The maximum absolute atomic E-state index is 13.9. The number of carbonyl (C=O) groups is 2. The van der Waals surface area contributed by atoms with Crippen molar-refractivity contribution in [2.75, 3.05) is 36.4 Å². The van der Waals surface area contributed by atoms with Crippen LogP contribution in [0.4, 0.5) is 15.9 Å². The van der Waals surface area contributed by atoms with E-state index in [1.54, 1.807) is 35.2 Å². The van der Waals surface area contributed by atoms with Gasteiger partial charge in [-0.1, -0.05) is 12.1 Å². The number of aromatic amines is 2. The zero-order chi connectivity index (χ0) is 21.1. The normalized spacial score (nSPS) is 14.2. The van der Waals surface area contributed by atoms with E-state index in [1.807, 2.05) is 4.90 Å². The third-order valence-electron chi connectivity index (χ3n) is 5.03. The van der Waals surface area contributed by atoms with E-state index < -0.39 is 0 Å². The van der Waals surface area contributed by atoms with Gasteiger partial charge in [0.25, 0.3) is 0 Å². The van der Waals surface area contributed by atoms with Crippen LogP contribution in [0.5, 0.6) is 0 Å². The Morgan fingerprint density at radius 3 is 2.57 bits per heavy atom. The number of nitrogens with zero attached hydrogens (tertiary/aromatic N) is 3. The molecule has 0 unspecified atom stereocenters. The van der Waals surface area contributed by atoms with E-state index in [-0.39, 0.29) is 36.2 Å². The van der Waals surface area contributed by atoms with Crippen LogP contribution in [0.15, 0.2) is 41.2 Å². The molecular formula is C20H21FN6O3. The van der Waals surface area contributed by atoms with Gasteiger partial charge < -0.3 is 20.1 Å². The van der Waals surface area contributed by atoms with E-state index in [1.165, 1.54) is 6.07 Å². The number of imidazole rings is 1. The summed E-state index contributed by atoms with van der Waals surface area (Å²) >= 11 is 0. The molecule has 156 valence electrons. The van der Waals surface area contributed by atoms with Gasteiger partial charge in [-0.15, -0.1) is 0 Å². The third-order valence-corrected chi connectivity index (χ3v) is 5.03. The summed E-state index contributed by atoms with van der Waals surface area (Å²) in [5.41, 5.74) is 1.06. The molecule has 1 aromatic carbocycles. The Balaban J connectivity index is 1.25. The Morgan fingerprint density at radius 1 is 1.03 bits per heavy atom. The van der Waals surface area contributed by atoms with Crippen molar-refractivity contribution < 1.29 is 14.0 Å². The Hall–Kier alpha value is -3.69. The summed E-state index contributed by atoms with van der Waals surface area (Å²) in [4.78, 5) is 48.7. The number of piperazine rings is 1. The van der Waals surface area contributed by atoms with Gasteiger partial charge in [-0.3, -0.25) is 14.6 Å². The first kappa shape index (κ1) is 19.6. The van der Waals surface area contributed by atoms with Crippen molar-refractivity contribution in [2.45, 2.75) is 12.8 Å². The summed E-state index contributed by atoms with van der Waals surface area (Å²) in [6.45, 7) is 2.04. The van der Waals surface area contributed by atoms with E-state index in [9.17, 15) is 18.8 Å². The highest BCUT2D eigenvalue weighted by Crippen LogP contribution is 2.20. The smallest absolute Gasteiger partial charge is 0.325 e. The molecule has 10 heteroatoms. The Bertz CT molecular complexity index is 1130. The van der Waals surface area contributed by atoms with E-state index in [4.69, 9.17) is 0 Å². The fraction of sp³-hybridized carbons (Fsp3) is 0.300. The molecule has 1 saturated heterocycles. The molecule has 0 spiro atoms. The van der Waals surface area contributed by atoms with Crippen molar-refractivity contribution >= 4 is 34.5 Å². The number of carbonyl (C=O) groups excluding carboxylic acids is 2. The number of benzene rings is 1. The van der Waals surface area contributed by atoms with E-state index >= 15 is 0 Å². The van der Waals surface area contributed by atoms with E-state index in [0.717, 1.165) is 0 Å². The minimum absolute atomic E-state index is 0.0235. The maximum Gasteiger partial charge on any atom is 0.325 e. The summed E-state index contributed by atoms with van der Waals surface area (Å²) in [6, 6.07) is 9.80. The number of rotatable bonds is 5. The van der Waals surface area contributed by atoms with Crippen molar-refractivity contribution in [3.05, 3.63) is 52.7 Å². The summed E-state index contributed by atoms with van der Waals surface area (Å²) in [5.74, 6) is -0.423. The SMILES string of the molecule is O=C(CCC(=O)N1CCN(c2ccccc2F)CC1)Nc1ccc2[nH]c(=O)[nH]c2n1. The van der Waals surface area contributed by atoms with Crippen LogP contribution in [0.1, 0.15) is 12.8 Å². The first-order chi connectivity index (χ1) is 14.5. The van der Waals surface area contributed by atoms with Gasteiger partial charge in [0.15, 0.2) is 5.65 Å². The van der Waals surface area contributed by atoms with Crippen LogP contribution in [0, 0.1) is 5.82 Å². The standard InChI is InChI=1S/C20H21FN6O3/c21-13-3-1-2-4-15(13)26-9-11-27(12-10-26)18(29)8-7-17(28)23-16-6-5-14-19(24-16)25-20(30)22-14/h1-6H,7-12H2,(H3,22,23,24,25,28,30). The molecule has 0 atom stereocenters. The minimum atomic E-state index is -0.373. The highest BCUT2D eigenvalue weighted by molar-refractivity contribution is 5.93. The zero-order valence-electron chi connectivity index (χ0n) is 16.2. The number of nitrogens with one attached hydrogen (secondary N) is 3. The summed E-state index contributed by atoms with van der Waals surface area (Å²) in [6.07, 6.45) is 0.102. The molecule has 9 nitrogen and oxygen atoms in total. The molecule has 1 aliphatic heterocycles. The molecule has 4 rings (SSSR count). The fourth-order valence-corrected chi connectivity index (χ4v) is 3.47. The van der Waals surface area contributed by atoms with Gasteiger partial charge in [0.2, 0.25) is 11.8 Å². The van der Waals surface area contributed by atoms with Crippen LogP contribution < -0.4 is 15.9 Å². The number of anilines is 2. The third kappa shape index (κ3) is 4.32. The first-order valence-corrected chi connectivity index (χ1v) is 9.66. The Morgan fingerprint density at radius 2 is 1.80 bits per heavy atom. The van der Waals surface area contributed by atoms with Gasteiger partial charge in [0.1, 0.15) is 11.6 Å². The second kappa shape index (κ2) is 8.36. The molecule has 0 aliphatic carbocycles. The van der Waals surface area contributed by atoms with Gasteiger partial charge in [-0.25, -0.2) is 14.2 Å². The van der Waals surface area contributed by atoms with Crippen molar-refractivity contribution in [1.29, 1.82) is 0 Å². The number of H-pyrrole nitrogens is 2. The highest BCUT2D eigenvalue weighted by atomic mass is 19.1. The molecule has 0 bridgehead atoms. The molecule has 3 aromatic rings. The lowest BCUT2D eigenvalue weighted by atomic mass is 10.2. The molecule has 3 N–H and O–H groups in total. The number of hydrogen-bond donors (Lipinski definition) is 3. The lowest BCUT2D eigenvalue weighted by Gasteiger charge is -2.36. The average Bonchev–Trinajstić information content (AvgIpc) is 3.12. The lowest BCUT2D eigenvalue weighted by molar-refractivity contribution is -0.133. The van der Waals surface area contributed by atoms with Crippen LogP contribution in [0.3, 0.4) is 0 Å². The molecule has 3 heterocycles. The number of amides is 2.